The fourth-order valence-corrected chi connectivity index (χ4v) is 4.64. The zero-order chi connectivity index (χ0) is 16.7. The van der Waals surface area contributed by atoms with E-state index in [2.05, 4.69) is 41.1 Å². The zero-order valence-electron chi connectivity index (χ0n) is 14.6. The maximum absolute atomic E-state index is 13.1. The maximum Gasteiger partial charge on any atom is 0.240 e. The number of likely N-dealkylation sites (N-methyl/N-ethyl adjacent to an activating group) is 1. The topological polar surface area (TPSA) is 43.8 Å². The predicted molar refractivity (Wildman–Crippen MR) is 93.6 cm³/mol. The monoisotopic (exact) mass is 328 g/mol. The molecule has 1 saturated carbocycles. The summed E-state index contributed by atoms with van der Waals surface area (Å²) >= 11 is 0. The van der Waals surface area contributed by atoms with Crippen LogP contribution in [0.5, 0.6) is 0 Å². The van der Waals surface area contributed by atoms with Crippen molar-refractivity contribution < 1.29 is 9.90 Å². The Morgan fingerprint density at radius 3 is 2.83 bits per heavy atom. The number of aliphatic hydroxyl groups is 1. The number of hydrogen-bond acceptors (Lipinski definition) is 3. The SMILES string of the molecule is CN(CC1(CO)CC1)C1CCN(C2CCCc3ccccc32)C1=O. The molecule has 1 aromatic rings. The van der Waals surface area contributed by atoms with Gasteiger partial charge >= 0.3 is 0 Å². The van der Waals surface area contributed by atoms with E-state index in [1.165, 1.54) is 17.5 Å². The molecular formula is C20H28N2O2. The van der Waals surface area contributed by atoms with E-state index in [-0.39, 0.29) is 30.0 Å². The highest BCUT2D eigenvalue weighted by atomic mass is 16.3. The van der Waals surface area contributed by atoms with Gasteiger partial charge in [0.1, 0.15) is 0 Å². The Bertz CT molecular complexity index is 626. The number of fused-ring (bicyclic) bond motifs is 1. The average Bonchev–Trinajstić information content (AvgIpc) is 3.28. The van der Waals surface area contributed by atoms with Crippen molar-refractivity contribution in [1.29, 1.82) is 0 Å². The van der Waals surface area contributed by atoms with E-state index in [9.17, 15) is 9.90 Å². The van der Waals surface area contributed by atoms with Crippen LogP contribution < -0.4 is 0 Å². The average molecular weight is 328 g/mol. The lowest BCUT2D eigenvalue weighted by molar-refractivity contribution is -0.134. The molecule has 130 valence electrons. The molecule has 0 spiro atoms. The molecule has 0 bridgehead atoms. The number of likely N-dealkylation sites (tertiary alicyclic amines) is 1. The Kier molecular flexibility index (Phi) is 4.13. The van der Waals surface area contributed by atoms with Crippen molar-refractivity contribution in [3.8, 4) is 0 Å². The van der Waals surface area contributed by atoms with Crippen LogP contribution in [0.25, 0.3) is 0 Å². The number of hydrogen-bond donors (Lipinski definition) is 1. The minimum Gasteiger partial charge on any atom is -0.396 e. The van der Waals surface area contributed by atoms with Gasteiger partial charge in [-0.05, 0) is 56.7 Å². The highest BCUT2D eigenvalue weighted by molar-refractivity contribution is 5.84. The van der Waals surface area contributed by atoms with Crippen LogP contribution >= 0.6 is 0 Å². The van der Waals surface area contributed by atoms with Crippen LogP contribution in [0, 0.1) is 5.41 Å². The van der Waals surface area contributed by atoms with Gasteiger partial charge in [0.2, 0.25) is 5.91 Å². The largest absolute Gasteiger partial charge is 0.396 e. The number of benzene rings is 1. The first-order chi connectivity index (χ1) is 11.6. The predicted octanol–water partition coefficient (Wildman–Crippen LogP) is 2.37. The number of carbonyl (C=O) groups excluding carboxylic acids is 1. The molecule has 1 heterocycles. The normalized spacial score (nSPS) is 28.3. The molecule has 2 fully saturated rings. The van der Waals surface area contributed by atoms with E-state index >= 15 is 0 Å². The number of amides is 1. The molecular weight excluding hydrogens is 300 g/mol. The van der Waals surface area contributed by atoms with Gasteiger partial charge in [0.25, 0.3) is 0 Å². The first-order valence-corrected chi connectivity index (χ1v) is 9.33. The summed E-state index contributed by atoms with van der Waals surface area (Å²) in [7, 11) is 2.05. The third-order valence-electron chi connectivity index (χ3n) is 6.33. The van der Waals surface area contributed by atoms with Crippen LogP contribution in [0.1, 0.15) is 49.3 Å². The molecule has 1 N–H and O–H groups in total. The molecule has 0 aromatic heterocycles. The highest BCUT2D eigenvalue weighted by Crippen LogP contribution is 2.46. The summed E-state index contributed by atoms with van der Waals surface area (Å²) in [6.45, 7) is 1.95. The molecule has 4 rings (SSSR count). The molecule has 2 unspecified atom stereocenters. The Morgan fingerprint density at radius 2 is 2.08 bits per heavy atom. The molecule has 3 aliphatic rings. The van der Waals surface area contributed by atoms with Gasteiger partial charge in [-0.2, -0.15) is 0 Å². The van der Waals surface area contributed by atoms with E-state index in [4.69, 9.17) is 0 Å². The second kappa shape index (κ2) is 6.16. The quantitative estimate of drug-likeness (QED) is 0.902. The van der Waals surface area contributed by atoms with Gasteiger partial charge in [-0.25, -0.2) is 0 Å². The first kappa shape index (κ1) is 16.1. The number of aliphatic hydroxyl groups excluding tert-OH is 1. The van der Waals surface area contributed by atoms with Crippen molar-refractivity contribution in [2.75, 3.05) is 26.7 Å². The molecule has 1 aliphatic heterocycles. The van der Waals surface area contributed by atoms with Gasteiger partial charge in [-0.1, -0.05) is 24.3 Å². The van der Waals surface area contributed by atoms with E-state index in [1.807, 2.05) is 0 Å². The van der Waals surface area contributed by atoms with E-state index in [0.29, 0.717) is 0 Å². The minimum atomic E-state index is -0.0110. The smallest absolute Gasteiger partial charge is 0.240 e. The fraction of sp³-hybridized carbons (Fsp3) is 0.650. The van der Waals surface area contributed by atoms with Crippen LogP contribution in [0.3, 0.4) is 0 Å². The summed E-state index contributed by atoms with van der Waals surface area (Å²) < 4.78 is 0. The summed E-state index contributed by atoms with van der Waals surface area (Å²) in [5.41, 5.74) is 2.84. The second-order valence-electron chi connectivity index (χ2n) is 8.02. The Balaban J connectivity index is 1.48. The van der Waals surface area contributed by atoms with Crippen LogP contribution in [0.4, 0.5) is 0 Å². The third kappa shape index (κ3) is 2.76. The van der Waals surface area contributed by atoms with E-state index in [1.54, 1.807) is 0 Å². The standard InChI is InChI=1S/C20H28N2O2/c1-21(13-20(14-23)10-11-20)18-9-12-22(19(18)24)17-8-4-6-15-5-2-3-7-16(15)17/h2-3,5,7,17-18,23H,4,6,8-14H2,1H3. The zero-order valence-corrected chi connectivity index (χ0v) is 14.6. The van der Waals surface area contributed by atoms with E-state index < -0.39 is 0 Å². The molecule has 1 amide bonds. The lowest BCUT2D eigenvalue weighted by Crippen LogP contribution is -2.44. The third-order valence-corrected chi connectivity index (χ3v) is 6.33. The highest BCUT2D eigenvalue weighted by Gasteiger charge is 2.46. The molecule has 4 heteroatoms. The Labute approximate surface area is 144 Å². The second-order valence-corrected chi connectivity index (χ2v) is 8.02. The fourth-order valence-electron chi connectivity index (χ4n) is 4.64. The van der Waals surface area contributed by atoms with Crippen molar-refractivity contribution in [2.24, 2.45) is 5.41 Å². The summed E-state index contributed by atoms with van der Waals surface area (Å²) in [5, 5.41) is 9.56. The van der Waals surface area contributed by atoms with Crippen LogP contribution in [0.15, 0.2) is 24.3 Å². The van der Waals surface area contributed by atoms with Crippen molar-refractivity contribution in [1.82, 2.24) is 9.80 Å². The summed E-state index contributed by atoms with van der Waals surface area (Å²) in [5.74, 6) is 0.285. The van der Waals surface area contributed by atoms with Crippen LogP contribution in [-0.4, -0.2) is 53.6 Å². The van der Waals surface area contributed by atoms with Gasteiger partial charge in [-0.3, -0.25) is 9.69 Å². The summed E-state index contributed by atoms with van der Waals surface area (Å²) in [6, 6.07) is 8.86. The summed E-state index contributed by atoms with van der Waals surface area (Å²) in [4.78, 5) is 17.4. The number of carbonyl (C=O) groups is 1. The van der Waals surface area contributed by atoms with Gasteiger partial charge in [0.15, 0.2) is 0 Å². The van der Waals surface area contributed by atoms with Gasteiger partial charge < -0.3 is 10.0 Å². The van der Waals surface area contributed by atoms with Crippen molar-refractivity contribution in [3.63, 3.8) is 0 Å². The van der Waals surface area contributed by atoms with Crippen molar-refractivity contribution in [3.05, 3.63) is 35.4 Å². The molecule has 2 aliphatic carbocycles. The van der Waals surface area contributed by atoms with Gasteiger partial charge in [-0.15, -0.1) is 0 Å². The van der Waals surface area contributed by atoms with Gasteiger partial charge in [0, 0.05) is 25.1 Å². The van der Waals surface area contributed by atoms with Crippen molar-refractivity contribution >= 4 is 5.91 Å². The maximum atomic E-state index is 13.1. The molecule has 2 atom stereocenters. The number of aryl methyl sites for hydroxylation is 1. The lowest BCUT2D eigenvalue weighted by atomic mass is 9.87. The first-order valence-electron chi connectivity index (χ1n) is 9.33. The molecule has 0 radical (unpaired) electrons. The van der Waals surface area contributed by atoms with Crippen LogP contribution in [0.2, 0.25) is 0 Å². The van der Waals surface area contributed by atoms with Crippen LogP contribution in [-0.2, 0) is 11.2 Å². The lowest BCUT2D eigenvalue weighted by Gasteiger charge is -2.34. The number of rotatable bonds is 5. The minimum absolute atomic E-state index is 0.0110. The molecule has 4 nitrogen and oxygen atoms in total. The molecule has 1 aromatic carbocycles. The van der Waals surface area contributed by atoms with Gasteiger partial charge in [0.05, 0.1) is 12.1 Å². The number of nitrogens with zero attached hydrogens (tertiary/aromatic N) is 2. The van der Waals surface area contributed by atoms with Crippen molar-refractivity contribution in [2.45, 2.75) is 50.6 Å². The van der Waals surface area contributed by atoms with E-state index in [0.717, 1.165) is 45.2 Å². The Hall–Kier alpha value is -1.39. The molecule has 24 heavy (non-hydrogen) atoms. The summed E-state index contributed by atoms with van der Waals surface area (Å²) in [6.07, 6.45) is 6.48. The Morgan fingerprint density at radius 1 is 1.29 bits per heavy atom. The molecule has 1 saturated heterocycles.